The number of nitriles is 1. The molecule has 0 radical (unpaired) electrons. The molecule has 1 aliphatic carbocycles. The van der Waals surface area contributed by atoms with Crippen molar-refractivity contribution in [1.29, 1.82) is 5.26 Å². The number of rotatable bonds is 6. The summed E-state index contributed by atoms with van der Waals surface area (Å²) >= 11 is 2.54. The van der Waals surface area contributed by atoms with E-state index in [0.717, 1.165) is 35.2 Å². The van der Waals surface area contributed by atoms with Gasteiger partial charge in [-0.15, -0.1) is 21.5 Å². The zero-order valence-electron chi connectivity index (χ0n) is 13.4. The fourth-order valence-electron chi connectivity index (χ4n) is 2.39. The van der Waals surface area contributed by atoms with Crippen molar-refractivity contribution in [1.82, 2.24) is 14.8 Å². The fraction of sp³-hybridized carbons (Fsp3) is 0.467. The maximum Gasteiger partial charge on any atom is 0.348 e. The number of aromatic nitrogens is 3. The molecule has 9 heteroatoms. The molecule has 0 bridgehead atoms. The first-order chi connectivity index (χ1) is 11.6. The average Bonchev–Trinajstić information content (AvgIpc) is 3.26. The molecule has 0 unspecified atom stereocenters. The average molecular weight is 363 g/mol. The second-order valence-corrected chi connectivity index (χ2v) is 7.44. The minimum Gasteiger partial charge on any atom is -0.462 e. The number of ether oxygens (including phenoxy) is 1. The van der Waals surface area contributed by atoms with Gasteiger partial charge in [0.2, 0.25) is 0 Å². The Hall–Kier alpha value is -2.05. The number of hydrogen-bond donors (Lipinski definition) is 1. The van der Waals surface area contributed by atoms with Gasteiger partial charge in [-0.05, 0) is 19.8 Å². The predicted molar refractivity (Wildman–Crippen MR) is 91.9 cm³/mol. The van der Waals surface area contributed by atoms with Crippen molar-refractivity contribution in [2.75, 3.05) is 12.3 Å². The van der Waals surface area contributed by atoms with Gasteiger partial charge in [0, 0.05) is 24.3 Å². The van der Waals surface area contributed by atoms with Crippen LogP contribution >= 0.6 is 23.1 Å². The van der Waals surface area contributed by atoms with Crippen LogP contribution in [0.1, 0.15) is 52.3 Å². The number of carbonyl (C=O) groups is 1. The third kappa shape index (κ3) is 3.12. The van der Waals surface area contributed by atoms with Gasteiger partial charge >= 0.3 is 5.97 Å². The molecule has 1 fully saturated rings. The highest BCUT2D eigenvalue weighted by molar-refractivity contribution is 7.98. The number of nitrogens with two attached hydrogens (primary N) is 1. The van der Waals surface area contributed by atoms with Gasteiger partial charge in [0.25, 0.3) is 0 Å². The summed E-state index contributed by atoms with van der Waals surface area (Å²) < 4.78 is 7.05. The number of thioether (sulfide) groups is 1. The second kappa shape index (κ2) is 6.83. The largest absolute Gasteiger partial charge is 0.462 e. The van der Waals surface area contributed by atoms with E-state index in [0.29, 0.717) is 32.7 Å². The number of nitrogen functional groups attached to an aromatic ring is 1. The summed E-state index contributed by atoms with van der Waals surface area (Å²) in [6, 6.07) is 2.09. The van der Waals surface area contributed by atoms with E-state index in [2.05, 4.69) is 16.3 Å². The van der Waals surface area contributed by atoms with Crippen LogP contribution in [0, 0.1) is 11.3 Å². The van der Waals surface area contributed by atoms with Gasteiger partial charge in [0.05, 0.1) is 12.2 Å². The smallest absolute Gasteiger partial charge is 0.348 e. The lowest BCUT2D eigenvalue weighted by Crippen LogP contribution is -2.05. The van der Waals surface area contributed by atoms with E-state index < -0.39 is 5.97 Å². The van der Waals surface area contributed by atoms with Gasteiger partial charge in [-0.2, -0.15) is 5.26 Å². The van der Waals surface area contributed by atoms with Crippen LogP contribution in [0.5, 0.6) is 0 Å². The highest BCUT2D eigenvalue weighted by Crippen LogP contribution is 2.40. The van der Waals surface area contributed by atoms with Crippen LogP contribution in [-0.2, 0) is 17.5 Å². The van der Waals surface area contributed by atoms with Crippen molar-refractivity contribution in [3.8, 4) is 6.07 Å². The first-order valence-electron chi connectivity index (χ1n) is 7.57. The van der Waals surface area contributed by atoms with Crippen molar-refractivity contribution < 1.29 is 9.53 Å². The van der Waals surface area contributed by atoms with E-state index in [1.54, 1.807) is 6.92 Å². The molecular formula is C15H17N5O2S2. The number of esters is 1. The summed E-state index contributed by atoms with van der Waals surface area (Å²) in [7, 11) is 1.94. The maximum atomic E-state index is 12.1. The summed E-state index contributed by atoms with van der Waals surface area (Å²) in [5.41, 5.74) is 6.84. The molecule has 0 saturated heterocycles. The van der Waals surface area contributed by atoms with Crippen molar-refractivity contribution >= 4 is 34.1 Å². The van der Waals surface area contributed by atoms with Crippen LogP contribution in [0.15, 0.2) is 5.16 Å². The molecule has 2 aromatic rings. The third-order valence-corrected chi connectivity index (χ3v) is 5.85. The number of anilines is 1. The third-order valence-electron chi connectivity index (χ3n) is 3.76. The predicted octanol–water partition coefficient (Wildman–Crippen LogP) is 2.68. The van der Waals surface area contributed by atoms with Crippen LogP contribution in [0.2, 0.25) is 0 Å². The Morgan fingerprint density at radius 3 is 2.92 bits per heavy atom. The van der Waals surface area contributed by atoms with Crippen molar-refractivity contribution in [2.24, 2.45) is 7.05 Å². The number of nitrogens with zero attached hydrogens (tertiary/aromatic N) is 4. The Labute approximate surface area is 147 Å². The molecule has 2 aromatic heterocycles. The second-order valence-electron chi connectivity index (χ2n) is 5.44. The Bertz CT molecular complexity index is 817. The van der Waals surface area contributed by atoms with Crippen LogP contribution in [0.25, 0.3) is 0 Å². The monoisotopic (exact) mass is 363 g/mol. The molecule has 3 rings (SSSR count). The van der Waals surface area contributed by atoms with Gasteiger partial charge in [-0.3, -0.25) is 0 Å². The zero-order valence-corrected chi connectivity index (χ0v) is 15.0. The van der Waals surface area contributed by atoms with Crippen LogP contribution in [0.4, 0.5) is 5.00 Å². The topological polar surface area (TPSA) is 107 Å². The van der Waals surface area contributed by atoms with Crippen LogP contribution < -0.4 is 5.73 Å². The Kier molecular flexibility index (Phi) is 4.78. The van der Waals surface area contributed by atoms with E-state index >= 15 is 0 Å². The Balaban J connectivity index is 1.84. The van der Waals surface area contributed by atoms with E-state index in [4.69, 9.17) is 10.5 Å². The SMILES string of the molecule is CCOC(=O)c1sc(N)c(C#N)c1CSc1nnc(C2CC2)n1C. The summed E-state index contributed by atoms with van der Waals surface area (Å²) in [6.07, 6.45) is 2.31. The molecule has 0 aromatic carbocycles. The van der Waals surface area contributed by atoms with Gasteiger partial charge < -0.3 is 15.0 Å². The van der Waals surface area contributed by atoms with Crippen LogP contribution in [0.3, 0.4) is 0 Å². The van der Waals surface area contributed by atoms with Crippen LogP contribution in [-0.4, -0.2) is 27.3 Å². The van der Waals surface area contributed by atoms with Gasteiger partial charge in [0.15, 0.2) is 5.16 Å². The first-order valence-corrected chi connectivity index (χ1v) is 9.37. The summed E-state index contributed by atoms with van der Waals surface area (Å²) in [4.78, 5) is 12.5. The number of carbonyl (C=O) groups excluding carboxylic acids is 1. The van der Waals surface area contributed by atoms with E-state index in [1.807, 2.05) is 11.6 Å². The number of hydrogen-bond acceptors (Lipinski definition) is 8. The highest BCUT2D eigenvalue weighted by atomic mass is 32.2. The van der Waals surface area contributed by atoms with Gasteiger partial charge in [0.1, 0.15) is 21.8 Å². The lowest BCUT2D eigenvalue weighted by atomic mass is 10.2. The maximum absolute atomic E-state index is 12.1. The van der Waals surface area contributed by atoms with Crippen molar-refractivity contribution in [2.45, 2.75) is 36.6 Å². The molecule has 24 heavy (non-hydrogen) atoms. The van der Waals surface area contributed by atoms with Gasteiger partial charge in [-0.25, -0.2) is 4.79 Å². The van der Waals surface area contributed by atoms with E-state index in [9.17, 15) is 10.1 Å². The molecule has 0 atom stereocenters. The van der Waals surface area contributed by atoms with E-state index in [-0.39, 0.29) is 6.61 Å². The molecule has 1 aliphatic rings. The fourth-order valence-corrected chi connectivity index (χ4v) is 4.36. The molecular weight excluding hydrogens is 346 g/mol. The molecule has 2 N–H and O–H groups in total. The normalized spacial score (nSPS) is 13.7. The van der Waals surface area contributed by atoms with Crippen molar-refractivity contribution in [3.05, 3.63) is 21.8 Å². The summed E-state index contributed by atoms with van der Waals surface area (Å²) in [5, 5.41) is 18.9. The quantitative estimate of drug-likeness (QED) is 0.621. The van der Waals surface area contributed by atoms with E-state index in [1.165, 1.54) is 11.8 Å². The summed E-state index contributed by atoms with van der Waals surface area (Å²) in [6.45, 7) is 2.02. The Morgan fingerprint density at radius 1 is 1.54 bits per heavy atom. The summed E-state index contributed by atoms with van der Waals surface area (Å²) in [5.74, 6) is 1.48. The lowest BCUT2D eigenvalue weighted by Gasteiger charge is -2.05. The molecule has 0 aliphatic heterocycles. The molecule has 1 saturated carbocycles. The first kappa shape index (κ1) is 16.8. The minimum absolute atomic E-state index is 0.277. The molecule has 7 nitrogen and oxygen atoms in total. The standard InChI is InChI=1S/C15H17N5O2S2/c1-3-22-14(21)11-10(9(6-16)12(17)24-11)7-23-15-19-18-13(20(15)2)8-4-5-8/h8H,3-5,7,17H2,1-2H3. The molecule has 126 valence electrons. The molecule has 2 heterocycles. The minimum atomic E-state index is -0.442. The zero-order chi connectivity index (χ0) is 17.3. The molecule has 0 amide bonds. The number of thiophene rings is 1. The van der Waals surface area contributed by atoms with Crippen molar-refractivity contribution in [3.63, 3.8) is 0 Å². The van der Waals surface area contributed by atoms with Gasteiger partial charge in [-0.1, -0.05) is 11.8 Å². The Morgan fingerprint density at radius 2 is 2.29 bits per heavy atom. The highest BCUT2D eigenvalue weighted by Gasteiger charge is 2.29. The molecule has 0 spiro atoms. The lowest BCUT2D eigenvalue weighted by molar-refractivity contribution is 0.0531.